The minimum Gasteiger partial charge on any atom is -0.432 e. The first-order valence-electron chi connectivity index (χ1n) is 5.77. The molecule has 2 rings (SSSR count). The molecule has 106 valence electrons. The topological polar surface area (TPSA) is 22.1 Å². The summed E-state index contributed by atoms with van der Waals surface area (Å²) in [6.07, 6.45) is 1.57. The highest BCUT2D eigenvalue weighted by Gasteiger charge is 2.12. The van der Waals surface area contributed by atoms with Crippen LogP contribution in [0.1, 0.15) is 11.3 Å². The Morgan fingerprint density at radius 2 is 2.00 bits per heavy atom. The van der Waals surface area contributed by atoms with Gasteiger partial charge in [-0.05, 0) is 36.2 Å². The van der Waals surface area contributed by atoms with Gasteiger partial charge in [0.2, 0.25) is 0 Å². The number of aryl methyl sites for hydroxylation is 1. The molecular weight excluding hydrogens is 291 g/mol. The highest BCUT2D eigenvalue weighted by Crippen LogP contribution is 2.28. The third kappa shape index (κ3) is 3.22. The summed E-state index contributed by atoms with van der Waals surface area (Å²) >= 11 is 5.79. The second-order valence-corrected chi connectivity index (χ2v) is 4.39. The number of halogens is 4. The zero-order valence-corrected chi connectivity index (χ0v) is 11.3. The number of rotatable bonds is 4. The number of pyridine rings is 1. The van der Waals surface area contributed by atoms with Gasteiger partial charge in [0.1, 0.15) is 0 Å². The van der Waals surface area contributed by atoms with Crippen molar-refractivity contribution in [3.8, 4) is 16.9 Å². The molecule has 2 aromatic rings. The number of aromatic nitrogens is 1. The van der Waals surface area contributed by atoms with Gasteiger partial charge in [0.25, 0.3) is 0 Å². The zero-order chi connectivity index (χ0) is 14.7. The molecule has 6 heteroatoms. The standard InChI is InChI=1S/C14H11ClF3NO/c1-8-10(6-15)4-11(7-19-8)9-2-3-12(16)13(5-9)20-14(17)18/h2-5,7,14H,6H2,1H3. The summed E-state index contributed by atoms with van der Waals surface area (Å²) in [5.74, 6) is -1.05. The van der Waals surface area contributed by atoms with E-state index in [2.05, 4.69) is 9.72 Å². The van der Waals surface area contributed by atoms with Crippen LogP contribution in [0.25, 0.3) is 11.1 Å². The first-order chi connectivity index (χ1) is 9.51. The Labute approximate surface area is 119 Å². The molecule has 0 fully saturated rings. The predicted octanol–water partition coefficient (Wildman–Crippen LogP) is 4.54. The van der Waals surface area contributed by atoms with Crippen LogP contribution < -0.4 is 4.74 Å². The average molecular weight is 302 g/mol. The Balaban J connectivity index is 2.42. The molecule has 20 heavy (non-hydrogen) atoms. The maximum Gasteiger partial charge on any atom is 0.387 e. The maximum atomic E-state index is 13.4. The average Bonchev–Trinajstić information content (AvgIpc) is 2.41. The van der Waals surface area contributed by atoms with Crippen LogP contribution in [0, 0.1) is 12.7 Å². The van der Waals surface area contributed by atoms with Gasteiger partial charge in [-0.2, -0.15) is 8.78 Å². The van der Waals surface area contributed by atoms with Gasteiger partial charge >= 0.3 is 6.61 Å². The lowest BCUT2D eigenvalue weighted by atomic mass is 10.0. The molecule has 0 aliphatic rings. The summed E-state index contributed by atoms with van der Waals surface area (Å²) in [5, 5.41) is 0. The van der Waals surface area contributed by atoms with Crippen LogP contribution in [0.4, 0.5) is 13.2 Å². The van der Waals surface area contributed by atoms with Gasteiger partial charge in [0.05, 0.1) is 0 Å². The lowest BCUT2D eigenvalue weighted by Gasteiger charge is -2.09. The molecule has 1 heterocycles. The highest BCUT2D eigenvalue weighted by molar-refractivity contribution is 6.17. The minimum absolute atomic E-state index is 0.286. The van der Waals surface area contributed by atoms with Gasteiger partial charge in [-0.1, -0.05) is 6.07 Å². The van der Waals surface area contributed by atoms with E-state index in [-0.39, 0.29) is 5.88 Å². The van der Waals surface area contributed by atoms with Crippen LogP contribution in [0.3, 0.4) is 0 Å². The van der Waals surface area contributed by atoms with E-state index in [1.165, 1.54) is 12.1 Å². The Morgan fingerprint density at radius 3 is 2.65 bits per heavy atom. The van der Waals surface area contributed by atoms with Crippen molar-refractivity contribution in [1.29, 1.82) is 0 Å². The SMILES string of the molecule is Cc1ncc(-c2ccc(F)c(OC(F)F)c2)cc1CCl. The highest BCUT2D eigenvalue weighted by atomic mass is 35.5. The monoisotopic (exact) mass is 301 g/mol. The second-order valence-electron chi connectivity index (χ2n) is 4.13. The van der Waals surface area contributed by atoms with Crippen molar-refractivity contribution in [2.45, 2.75) is 19.4 Å². The molecule has 0 spiro atoms. The first-order valence-corrected chi connectivity index (χ1v) is 6.31. The predicted molar refractivity (Wildman–Crippen MR) is 70.6 cm³/mol. The summed E-state index contributed by atoms with van der Waals surface area (Å²) in [4.78, 5) is 4.17. The second kappa shape index (κ2) is 6.13. The van der Waals surface area contributed by atoms with E-state index < -0.39 is 18.2 Å². The van der Waals surface area contributed by atoms with Crippen LogP contribution in [-0.2, 0) is 5.88 Å². The number of benzene rings is 1. The van der Waals surface area contributed by atoms with Gasteiger partial charge in [-0.15, -0.1) is 11.6 Å². The third-order valence-corrected chi connectivity index (χ3v) is 3.10. The summed E-state index contributed by atoms with van der Waals surface area (Å²) in [6.45, 7) is -1.26. The Bertz CT molecular complexity index is 619. The van der Waals surface area contributed by atoms with Gasteiger partial charge in [0, 0.05) is 23.3 Å². The summed E-state index contributed by atoms with van der Waals surface area (Å²) in [5.41, 5.74) is 2.80. The van der Waals surface area contributed by atoms with Gasteiger partial charge in [-0.25, -0.2) is 4.39 Å². The van der Waals surface area contributed by atoms with E-state index in [9.17, 15) is 13.2 Å². The quantitative estimate of drug-likeness (QED) is 0.774. The molecule has 0 saturated carbocycles. The molecule has 0 saturated heterocycles. The number of hydrogen-bond donors (Lipinski definition) is 0. The van der Waals surface area contributed by atoms with Crippen molar-refractivity contribution in [3.63, 3.8) is 0 Å². The van der Waals surface area contributed by atoms with Gasteiger partial charge in [-0.3, -0.25) is 4.98 Å². The lowest BCUT2D eigenvalue weighted by Crippen LogP contribution is -2.03. The Hall–Kier alpha value is -1.75. The normalized spacial score (nSPS) is 10.9. The fourth-order valence-corrected chi connectivity index (χ4v) is 2.01. The zero-order valence-electron chi connectivity index (χ0n) is 10.5. The van der Waals surface area contributed by atoms with E-state index in [1.54, 1.807) is 12.3 Å². The Kier molecular flexibility index (Phi) is 4.49. The molecule has 0 aliphatic carbocycles. The van der Waals surface area contributed by atoms with E-state index >= 15 is 0 Å². The van der Waals surface area contributed by atoms with Crippen LogP contribution in [0.5, 0.6) is 5.75 Å². The fourth-order valence-electron chi connectivity index (χ4n) is 1.74. The largest absolute Gasteiger partial charge is 0.432 e. The smallest absolute Gasteiger partial charge is 0.387 e. The van der Waals surface area contributed by atoms with Crippen LogP contribution >= 0.6 is 11.6 Å². The van der Waals surface area contributed by atoms with Crippen molar-refractivity contribution in [1.82, 2.24) is 4.98 Å². The molecule has 0 bridgehead atoms. The summed E-state index contributed by atoms with van der Waals surface area (Å²) in [7, 11) is 0. The third-order valence-electron chi connectivity index (χ3n) is 2.82. The molecule has 0 N–H and O–H groups in total. The van der Waals surface area contributed by atoms with Crippen molar-refractivity contribution >= 4 is 11.6 Å². The minimum atomic E-state index is -3.07. The van der Waals surface area contributed by atoms with Gasteiger partial charge < -0.3 is 4.74 Å². The molecular formula is C14H11ClF3NO. The molecule has 0 radical (unpaired) electrons. The molecule has 0 unspecified atom stereocenters. The molecule has 1 aromatic carbocycles. The van der Waals surface area contributed by atoms with Crippen molar-refractivity contribution in [2.75, 3.05) is 0 Å². The van der Waals surface area contributed by atoms with Crippen LogP contribution in [0.15, 0.2) is 30.5 Å². The molecule has 2 nitrogen and oxygen atoms in total. The first kappa shape index (κ1) is 14.7. The van der Waals surface area contributed by atoms with E-state index in [0.29, 0.717) is 11.1 Å². The maximum absolute atomic E-state index is 13.4. The molecule has 1 aromatic heterocycles. The van der Waals surface area contributed by atoms with Crippen molar-refractivity contribution in [2.24, 2.45) is 0 Å². The van der Waals surface area contributed by atoms with Crippen molar-refractivity contribution in [3.05, 3.63) is 47.5 Å². The number of alkyl halides is 3. The fraction of sp³-hybridized carbons (Fsp3) is 0.214. The van der Waals surface area contributed by atoms with Crippen molar-refractivity contribution < 1.29 is 17.9 Å². The molecule has 0 amide bonds. The van der Waals surface area contributed by atoms with E-state index in [4.69, 9.17) is 11.6 Å². The number of ether oxygens (including phenoxy) is 1. The lowest BCUT2D eigenvalue weighted by molar-refractivity contribution is -0.0521. The number of nitrogens with zero attached hydrogens (tertiary/aromatic N) is 1. The van der Waals surface area contributed by atoms with E-state index in [0.717, 1.165) is 17.3 Å². The van der Waals surface area contributed by atoms with Crippen LogP contribution in [-0.4, -0.2) is 11.6 Å². The number of hydrogen-bond acceptors (Lipinski definition) is 2. The molecule has 0 atom stereocenters. The summed E-state index contributed by atoms with van der Waals surface area (Å²) in [6, 6.07) is 5.55. The summed E-state index contributed by atoms with van der Waals surface area (Å²) < 4.78 is 41.9. The Morgan fingerprint density at radius 1 is 1.25 bits per heavy atom. The van der Waals surface area contributed by atoms with Gasteiger partial charge in [0.15, 0.2) is 11.6 Å². The van der Waals surface area contributed by atoms with Crippen LogP contribution in [0.2, 0.25) is 0 Å². The van der Waals surface area contributed by atoms with E-state index in [1.807, 2.05) is 6.92 Å². The molecule has 0 aliphatic heterocycles.